The van der Waals surface area contributed by atoms with Crippen LogP contribution in [0.25, 0.3) is 33.4 Å². The number of aliphatic hydroxyl groups is 1. The quantitative estimate of drug-likeness (QED) is 0.276. The van der Waals surface area contributed by atoms with Gasteiger partial charge in [-0.15, -0.1) is 10.2 Å². The Hall–Kier alpha value is -4.21. The maximum absolute atomic E-state index is 13.9. The first kappa shape index (κ1) is 26.0. The molecule has 204 valence electrons. The van der Waals surface area contributed by atoms with E-state index >= 15 is 0 Å². The minimum absolute atomic E-state index is 0.0935. The number of hydrogen-bond acceptors (Lipinski definition) is 7. The maximum Gasteiger partial charge on any atom is 0.261 e. The summed E-state index contributed by atoms with van der Waals surface area (Å²) in [5.41, 5.74) is 5.16. The molecule has 1 aliphatic heterocycles. The third kappa shape index (κ3) is 5.17. The largest absolute Gasteiger partial charge is 0.386 e. The second-order valence-electron chi connectivity index (χ2n) is 10.3. The molecule has 0 amide bonds. The smallest absolute Gasteiger partial charge is 0.261 e. The predicted molar refractivity (Wildman–Crippen MR) is 153 cm³/mol. The van der Waals surface area contributed by atoms with E-state index in [0.29, 0.717) is 35.4 Å². The molecule has 3 heterocycles. The molecular formula is C31H32N6O3. The average molecular weight is 537 g/mol. The molecule has 0 aliphatic carbocycles. The summed E-state index contributed by atoms with van der Waals surface area (Å²) in [7, 11) is 0. The van der Waals surface area contributed by atoms with Crippen LogP contribution in [-0.2, 0) is 17.7 Å². The molecule has 0 spiro atoms. The predicted octanol–water partition coefficient (Wildman–Crippen LogP) is 4.85. The highest BCUT2D eigenvalue weighted by Gasteiger charge is 2.26. The van der Waals surface area contributed by atoms with E-state index in [1.54, 1.807) is 10.6 Å². The number of aromatic nitrogens is 6. The van der Waals surface area contributed by atoms with Crippen molar-refractivity contribution in [2.75, 3.05) is 6.61 Å². The maximum atomic E-state index is 13.9. The molecule has 1 aliphatic rings. The van der Waals surface area contributed by atoms with Crippen LogP contribution in [-0.4, -0.2) is 48.0 Å². The van der Waals surface area contributed by atoms with E-state index in [4.69, 9.17) is 9.72 Å². The minimum atomic E-state index is -0.762. The summed E-state index contributed by atoms with van der Waals surface area (Å²) in [5.74, 6) is 1.32. The van der Waals surface area contributed by atoms with Crippen LogP contribution in [0.5, 0.6) is 0 Å². The highest BCUT2D eigenvalue weighted by molar-refractivity contribution is 5.80. The molecule has 0 bridgehead atoms. The number of unbranched alkanes of at least 4 members (excludes halogenated alkanes) is 1. The average Bonchev–Trinajstić information content (AvgIpc) is 3.73. The number of benzene rings is 3. The molecule has 1 saturated heterocycles. The van der Waals surface area contributed by atoms with Gasteiger partial charge in [0.2, 0.25) is 5.82 Å². The van der Waals surface area contributed by atoms with Crippen molar-refractivity contribution < 1.29 is 9.84 Å². The number of fused-ring (bicyclic) bond motifs is 1. The Labute approximate surface area is 231 Å². The first-order valence-corrected chi connectivity index (χ1v) is 13.9. The van der Waals surface area contributed by atoms with Gasteiger partial charge in [0.25, 0.3) is 5.56 Å². The second kappa shape index (κ2) is 11.5. The van der Waals surface area contributed by atoms with Gasteiger partial charge >= 0.3 is 0 Å². The van der Waals surface area contributed by atoms with Crippen molar-refractivity contribution in [1.82, 2.24) is 30.2 Å². The highest BCUT2D eigenvalue weighted by Crippen LogP contribution is 2.30. The number of aliphatic hydroxyl groups excluding tert-OH is 1. The first-order valence-electron chi connectivity index (χ1n) is 13.9. The lowest BCUT2D eigenvalue weighted by Crippen LogP contribution is -2.26. The zero-order valence-electron chi connectivity index (χ0n) is 22.5. The third-order valence-corrected chi connectivity index (χ3v) is 7.59. The summed E-state index contributed by atoms with van der Waals surface area (Å²) >= 11 is 0. The number of ether oxygens (including phenoxy) is 1. The molecule has 40 heavy (non-hydrogen) atoms. The molecule has 0 radical (unpaired) electrons. The molecule has 1 fully saturated rings. The van der Waals surface area contributed by atoms with Crippen molar-refractivity contribution in [2.24, 2.45) is 0 Å². The van der Waals surface area contributed by atoms with Crippen LogP contribution in [0.2, 0.25) is 0 Å². The summed E-state index contributed by atoms with van der Waals surface area (Å²) < 4.78 is 7.47. The standard InChI is InChI=1S/C31H32N6O3/c1-2-3-10-28-32-26-16-15-22(29(38)27-9-6-17-40-27)18-25(26)31(39)37(28)19-20-11-13-21(14-12-20)23-7-4-5-8-24(23)30-33-35-36-34-30/h4-5,7-8,11-16,18,27,29,38H,2-3,6,9-10,17,19H2,1H3,(H,33,34,35,36). The van der Waals surface area contributed by atoms with Crippen LogP contribution in [0, 0.1) is 0 Å². The number of nitrogens with zero attached hydrogens (tertiary/aromatic N) is 5. The molecule has 2 N–H and O–H groups in total. The number of aryl methyl sites for hydroxylation is 1. The highest BCUT2D eigenvalue weighted by atomic mass is 16.5. The van der Waals surface area contributed by atoms with Gasteiger partial charge < -0.3 is 9.84 Å². The van der Waals surface area contributed by atoms with E-state index in [1.807, 2.05) is 48.5 Å². The monoisotopic (exact) mass is 536 g/mol. The summed E-state index contributed by atoms with van der Waals surface area (Å²) in [6.45, 7) is 3.20. The normalized spacial score (nSPS) is 16.0. The van der Waals surface area contributed by atoms with Crippen LogP contribution < -0.4 is 5.56 Å². The summed E-state index contributed by atoms with van der Waals surface area (Å²) in [4.78, 5) is 18.8. The zero-order chi connectivity index (χ0) is 27.5. The van der Waals surface area contributed by atoms with Crippen molar-refractivity contribution in [2.45, 2.75) is 57.8 Å². The lowest BCUT2D eigenvalue weighted by atomic mass is 9.98. The fourth-order valence-electron chi connectivity index (χ4n) is 5.40. The second-order valence-corrected chi connectivity index (χ2v) is 10.3. The Balaban J connectivity index is 1.34. The fraction of sp³-hybridized carbons (Fsp3) is 0.323. The summed E-state index contributed by atoms with van der Waals surface area (Å²) in [5, 5.41) is 25.9. The molecule has 2 unspecified atom stereocenters. The molecule has 0 saturated carbocycles. The van der Waals surface area contributed by atoms with E-state index < -0.39 is 6.10 Å². The van der Waals surface area contributed by atoms with Crippen LogP contribution in [0.4, 0.5) is 0 Å². The van der Waals surface area contributed by atoms with Gasteiger partial charge in [0.1, 0.15) is 11.9 Å². The number of aromatic amines is 1. The number of hydrogen-bond donors (Lipinski definition) is 2. The first-order chi connectivity index (χ1) is 19.6. The van der Waals surface area contributed by atoms with Gasteiger partial charge in [0.05, 0.1) is 23.6 Å². The molecule has 9 heteroatoms. The molecule has 2 aromatic heterocycles. The molecule has 2 atom stereocenters. The third-order valence-electron chi connectivity index (χ3n) is 7.59. The van der Waals surface area contributed by atoms with Crippen LogP contribution in [0.1, 0.15) is 55.7 Å². The molecule has 6 rings (SSSR count). The number of nitrogens with one attached hydrogen (secondary N) is 1. The van der Waals surface area contributed by atoms with E-state index in [0.717, 1.165) is 60.2 Å². The number of tetrazole rings is 1. The van der Waals surface area contributed by atoms with Gasteiger partial charge in [-0.3, -0.25) is 9.36 Å². The van der Waals surface area contributed by atoms with E-state index in [2.05, 4.69) is 39.7 Å². The van der Waals surface area contributed by atoms with Gasteiger partial charge in [-0.05, 0) is 58.9 Å². The van der Waals surface area contributed by atoms with Gasteiger partial charge in [-0.25, -0.2) is 4.98 Å². The van der Waals surface area contributed by atoms with Crippen LogP contribution >= 0.6 is 0 Å². The van der Waals surface area contributed by atoms with E-state index in [1.165, 1.54) is 0 Å². The topological polar surface area (TPSA) is 119 Å². The lowest BCUT2D eigenvalue weighted by molar-refractivity contribution is -0.00252. The van der Waals surface area contributed by atoms with Gasteiger partial charge in [0.15, 0.2) is 0 Å². The zero-order valence-corrected chi connectivity index (χ0v) is 22.5. The molecule has 5 aromatic rings. The minimum Gasteiger partial charge on any atom is -0.386 e. The van der Waals surface area contributed by atoms with Crippen molar-refractivity contribution in [1.29, 1.82) is 0 Å². The fourth-order valence-corrected chi connectivity index (χ4v) is 5.40. The Morgan fingerprint density at radius 1 is 1.10 bits per heavy atom. The van der Waals surface area contributed by atoms with Crippen molar-refractivity contribution in [3.05, 3.63) is 94.0 Å². The van der Waals surface area contributed by atoms with Gasteiger partial charge in [-0.1, -0.05) is 67.9 Å². The van der Waals surface area contributed by atoms with Gasteiger partial charge in [-0.2, -0.15) is 5.21 Å². The summed E-state index contributed by atoms with van der Waals surface area (Å²) in [6.07, 6.45) is 3.42. The van der Waals surface area contributed by atoms with Crippen molar-refractivity contribution in [3.8, 4) is 22.5 Å². The van der Waals surface area contributed by atoms with E-state index in [-0.39, 0.29) is 11.7 Å². The Bertz CT molecular complexity index is 1660. The van der Waals surface area contributed by atoms with Crippen molar-refractivity contribution >= 4 is 10.9 Å². The van der Waals surface area contributed by atoms with Crippen LogP contribution in [0.15, 0.2) is 71.5 Å². The number of H-pyrrole nitrogens is 1. The van der Waals surface area contributed by atoms with Gasteiger partial charge in [0, 0.05) is 18.6 Å². The van der Waals surface area contributed by atoms with Crippen LogP contribution in [0.3, 0.4) is 0 Å². The molecular weight excluding hydrogens is 504 g/mol. The lowest BCUT2D eigenvalue weighted by Gasteiger charge is -2.19. The molecule has 9 nitrogen and oxygen atoms in total. The Kier molecular flexibility index (Phi) is 7.48. The summed E-state index contributed by atoms with van der Waals surface area (Å²) in [6, 6.07) is 21.6. The SMILES string of the molecule is CCCCc1nc2ccc(C(O)C3CCCO3)cc2c(=O)n1Cc1ccc(-c2ccccc2-c2nn[nH]n2)cc1. The Morgan fingerprint density at radius 3 is 2.65 bits per heavy atom. The van der Waals surface area contributed by atoms with Crippen molar-refractivity contribution in [3.63, 3.8) is 0 Å². The number of rotatable bonds is 9. The van der Waals surface area contributed by atoms with E-state index in [9.17, 15) is 9.90 Å². The molecule has 3 aromatic carbocycles. The Morgan fingerprint density at radius 2 is 1.93 bits per heavy atom.